The molecule has 0 amide bonds. The van der Waals surface area contributed by atoms with Crippen molar-refractivity contribution in [2.24, 2.45) is 4.99 Å². The SMILES string of the molecule is CN/C(=N\C(=N)c1ccc2c(c1)-c1ccccc1C2(C)C)c1ccc2c(c1)-c1ccccc1C2(C)C. The highest BCUT2D eigenvalue weighted by atomic mass is 15.0. The van der Waals surface area contributed by atoms with E-state index < -0.39 is 0 Å². The monoisotopic (exact) mass is 469 g/mol. The summed E-state index contributed by atoms with van der Waals surface area (Å²) in [5, 5.41) is 12.1. The molecule has 0 saturated heterocycles. The van der Waals surface area contributed by atoms with Gasteiger partial charge in [0.05, 0.1) is 0 Å². The summed E-state index contributed by atoms with van der Waals surface area (Å²) in [4.78, 5) is 4.76. The van der Waals surface area contributed by atoms with Crippen LogP contribution in [0.25, 0.3) is 22.3 Å². The van der Waals surface area contributed by atoms with Crippen LogP contribution < -0.4 is 5.32 Å². The molecular weight excluding hydrogens is 438 g/mol. The Labute approximate surface area is 213 Å². The van der Waals surface area contributed by atoms with E-state index in [-0.39, 0.29) is 16.7 Å². The minimum Gasteiger partial charge on any atom is -0.373 e. The molecule has 0 aromatic heterocycles. The van der Waals surface area contributed by atoms with Gasteiger partial charge in [0.15, 0.2) is 5.84 Å². The zero-order valence-corrected chi connectivity index (χ0v) is 21.5. The molecule has 0 aliphatic heterocycles. The second kappa shape index (κ2) is 7.76. The van der Waals surface area contributed by atoms with Crippen molar-refractivity contribution >= 4 is 11.7 Å². The van der Waals surface area contributed by atoms with E-state index in [1.807, 2.05) is 13.1 Å². The molecule has 4 aromatic rings. The van der Waals surface area contributed by atoms with E-state index in [1.165, 1.54) is 44.5 Å². The Morgan fingerprint density at radius 1 is 0.611 bits per heavy atom. The second-order valence-electron chi connectivity index (χ2n) is 10.9. The fraction of sp³-hybridized carbons (Fsp3) is 0.212. The van der Waals surface area contributed by atoms with Gasteiger partial charge in [-0.3, -0.25) is 5.41 Å². The van der Waals surface area contributed by atoms with Crippen LogP contribution in [0.1, 0.15) is 61.1 Å². The summed E-state index contributed by atoms with van der Waals surface area (Å²) < 4.78 is 0. The molecule has 4 aromatic carbocycles. The third-order valence-corrected chi connectivity index (χ3v) is 8.17. The molecule has 2 aliphatic rings. The predicted octanol–water partition coefficient (Wildman–Crippen LogP) is 7.29. The fourth-order valence-electron chi connectivity index (χ4n) is 6.18. The molecule has 2 aliphatic carbocycles. The van der Waals surface area contributed by atoms with Crippen molar-refractivity contribution in [2.45, 2.75) is 38.5 Å². The van der Waals surface area contributed by atoms with E-state index in [1.54, 1.807) is 0 Å². The molecule has 0 spiro atoms. The Kier molecular flexibility index (Phi) is 4.85. The highest BCUT2D eigenvalue weighted by Gasteiger charge is 2.36. The van der Waals surface area contributed by atoms with Crippen molar-refractivity contribution in [2.75, 3.05) is 7.05 Å². The number of hydrogen-bond donors (Lipinski definition) is 2. The minimum absolute atomic E-state index is 0.0252. The third kappa shape index (κ3) is 3.12. The number of nitrogens with zero attached hydrogens (tertiary/aromatic N) is 1. The lowest BCUT2D eigenvalue weighted by molar-refractivity contribution is 0.660. The van der Waals surface area contributed by atoms with Crippen LogP contribution in [0, 0.1) is 5.41 Å². The van der Waals surface area contributed by atoms with E-state index in [2.05, 4.69) is 112 Å². The van der Waals surface area contributed by atoms with Crippen LogP contribution in [-0.4, -0.2) is 18.7 Å². The summed E-state index contributed by atoms with van der Waals surface area (Å²) >= 11 is 0. The molecule has 0 bridgehead atoms. The van der Waals surface area contributed by atoms with Crippen molar-refractivity contribution in [1.82, 2.24) is 5.32 Å². The Bertz CT molecular complexity index is 1590. The van der Waals surface area contributed by atoms with E-state index in [0.717, 1.165) is 11.1 Å². The van der Waals surface area contributed by atoms with Gasteiger partial charge in [-0.05, 0) is 56.6 Å². The van der Waals surface area contributed by atoms with Crippen LogP contribution in [-0.2, 0) is 10.8 Å². The molecule has 0 radical (unpaired) electrons. The average Bonchev–Trinajstić information content (AvgIpc) is 3.26. The van der Waals surface area contributed by atoms with Crippen molar-refractivity contribution in [3.63, 3.8) is 0 Å². The fourth-order valence-corrected chi connectivity index (χ4v) is 6.18. The Morgan fingerprint density at radius 2 is 1.06 bits per heavy atom. The predicted molar refractivity (Wildman–Crippen MR) is 150 cm³/mol. The lowest BCUT2D eigenvalue weighted by Crippen LogP contribution is -2.22. The third-order valence-electron chi connectivity index (χ3n) is 8.17. The van der Waals surface area contributed by atoms with Crippen LogP contribution in [0.5, 0.6) is 0 Å². The smallest absolute Gasteiger partial charge is 0.154 e. The summed E-state index contributed by atoms with van der Waals surface area (Å²) in [5.41, 5.74) is 12.1. The average molecular weight is 470 g/mol. The number of aliphatic imine (C=N–C) groups is 1. The van der Waals surface area contributed by atoms with Gasteiger partial charge in [0.1, 0.15) is 5.84 Å². The first-order chi connectivity index (χ1) is 17.2. The normalized spacial score (nSPS) is 16.1. The summed E-state index contributed by atoms with van der Waals surface area (Å²) in [5.74, 6) is 0.955. The number of rotatable bonds is 2. The number of hydrogen-bond acceptors (Lipinski definition) is 1. The quantitative estimate of drug-likeness (QED) is 0.235. The molecule has 0 unspecified atom stereocenters. The summed E-state index contributed by atoms with van der Waals surface area (Å²) in [6.07, 6.45) is 0. The summed E-state index contributed by atoms with van der Waals surface area (Å²) in [6, 6.07) is 30.1. The van der Waals surface area contributed by atoms with Crippen molar-refractivity contribution in [3.05, 3.63) is 118 Å². The first kappa shape index (κ1) is 22.5. The van der Waals surface area contributed by atoms with Crippen LogP contribution in [0.3, 0.4) is 0 Å². The van der Waals surface area contributed by atoms with Crippen LogP contribution in [0.15, 0.2) is 89.9 Å². The lowest BCUT2D eigenvalue weighted by Gasteiger charge is -2.21. The molecular formula is C33H31N3. The van der Waals surface area contributed by atoms with E-state index in [4.69, 9.17) is 10.4 Å². The molecule has 3 heteroatoms. The topological polar surface area (TPSA) is 48.2 Å². The minimum atomic E-state index is -0.0411. The van der Waals surface area contributed by atoms with Gasteiger partial charge in [0, 0.05) is 29.0 Å². The second-order valence-corrected chi connectivity index (χ2v) is 10.9. The largest absolute Gasteiger partial charge is 0.373 e. The highest BCUT2D eigenvalue weighted by molar-refractivity contribution is 6.11. The van der Waals surface area contributed by atoms with Gasteiger partial charge in [-0.25, -0.2) is 4.99 Å². The molecule has 0 saturated carbocycles. The lowest BCUT2D eigenvalue weighted by atomic mass is 9.82. The molecule has 3 nitrogen and oxygen atoms in total. The molecule has 0 fully saturated rings. The summed E-state index contributed by atoms with van der Waals surface area (Å²) in [7, 11) is 1.87. The van der Waals surface area contributed by atoms with Crippen molar-refractivity contribution in [1.29, 1.82) is 5.41 Å². The standard InChI is InChI=1S/C33H31N3/c1-32(2)26-12-8-6-10-22(26)24-18-20(14-16-28(24)32)30(34)36-31(35-5)21-15-17-29-25(19-21)23-11-7-9-13-27(23)33(29,3)4/h6-19H,1-5H3,(H2,34,35,36). The molecule has 36 heavy (non-hydrogen) atoms. The highest BCUT2D eigenvalue weighted by Crippen LogP contribution is 2.49. The molecule has 178 valence electrons. The maximum absolute atomic E-state index is 8.86. The molecule has 6 rings (SSSR count). The maximum Gasteiger partial charge on any atom is 0.154 e. The van der Waals surface area contributed by atoms with Gasteiger partial charge in [-0.2, -0.15) is 0 Å². The first-order valence-electron chi connectivity index (χ1n) is 12.6. The van der Waals surface area contributed by atoms with Gasteiger partial charge in [0.2, 0.25) is 0 Å². The van der Waals surface area contributed by atoms with Crippen LogP contribution in [0.2, 0.25) is 0 Å². The molecule has 0 atom stereocenters. The van der Waals surface area contributed by atoms with Crippen LogP contribution in [0.4, 0.5) is 0 Å². The maximum atomic E-state index is 8.86. The Hall–Kier alpha value is -3.98. The number of amidine groups is 2. The summed E-state index contributed by atoms with van der Waals surface area (Å²) in [6.45, 7) is 9.11. The first-order valence-corrected chi connectivity index (χ1v) is 12.6. The number of nitrogens with one attached hydrogen (secondary N) is 2. The van der Waals surface area contributed by atoms with Gasteiger partial charge in [0.25, 0.3) is 0 Å². The van der Waals surface area contributed by atoms with E-state index in [0.29, 0.717) is 5.84 Å². The zero-order valence-electron chi connectivity index (χ0n) is 21.5. The van der Waals surface area contributed by atoms with Gasteiger partial charge < -0.3 is 5.32 Å². The molecule has 0 heterocycles. The Balaban J connectivity index is 1.39. The number of benzene rings is 4. The van der Waals surface area contributed by atoms with Crippen LogP contribution >= 0.6 is 0 Å². The van der Waals surface area contributed by atoms with Crippen molar-refractivity contribution in [3.8, 4) is 22.3 Å². The van der Waals surface area contributed by atoms with Gasteiger partial charge >= 0.3 is 0 Å². The zero-order chi connectivity index (χ0) is 25.2. The Morgan fingerprint density at radius 3 is 1.58 bits per heavy atom. The van der Waals surface area contributed by atoms with Crippen molar-refractivity contribution < 1.29 is 0 Å². The van der Waals surface area contributed by atoms with E-state index in [9.17, 15) is 0 Å². The van der Waals surface area contributed by atoms with Gasteiger partial charge in [-0.15, -0.1) is 0 Å². The van der Waals surface area contributed by atoms with Gasteiger partial charge in [-0.1, -0.05) is 100 Å². The molecule has 2 N–H and O–H groups in total. The number of fused-ring (bicyclic) bond motifs is 6. The van der Waals surface area contributed by atoms with E-state index >= 15 is 0 Å².